The SMILES string of the molecule is CCCCN(C)c1ccc(C(=O)N2CCc3cc(OC)c(OC)cc3C2)nc1. The second kappa shape index (κ2) is 8.95. The normalized spacial score (nSPS) is 13.1. The standard InChI is InChI=1S/C22H29N3O3/c1-5-6-10-24(2)18-7-8-19(23-14-18)22(26)25-11-9-16-12-20(27-3)21(28-4)13-17(16)15-25/h7-8,12-14H,5-6,9-11,15H2,1-4H3. The van der Waals surface area contributed by atoms with Crippen molar-refractivity contribution in [2.75, 3.05) is 39.3 Å². The fourth-order valence-corrected chi connectivity index (χ4v) is 3.48. The summed E-state index contributed by atoms with van der Waals surface area (Å²) in [4.78, 5) is 21.4. The van der Waals surface area contributed by atoms with E-state index in [2.05, 4.69) is 23.9 Å². The number of nitrogens with zero attached hydrogens (tertiary/aromatic N) is 3. The van der Waals surface area contributed by atoms with Gasteiger partial charge in [0, 0.05) is 26.7 Å². The number of aromatic nitrogens is 1. The Morgan fingerprint density at radius 3 is 2.50 bits per heavy atom. The zero-order valence-corrected chi connectivity index (χ0v) is 17.2. The van der Waals surface area contributed by atoms with Crippen molar-refractivity contribution >= 4 is 11.6 Å². The van der Waals surface area contributed by atoms with E-state index in [0.717, 1.165) is 42.8 Å². The van der Waals surface area contributed by atoms with E-state index in [9.17, 15) is 4.79 Å². The average Bonchev–Trinajstić information content (AvgIpc) is 2.75. The summed E-state index contributed by atoms with van der Waals surface area (Å²) in [6.07, 6.45) is 4.87. The summed E-state index contributed by atoms with van der Waals surface area (Å²) in [5, 5.41) is 0. The van der Waals surface area contributed by atoms with Gasteiger partial charge in [0.25, 0.3) is 5.91 Å². The van der Waals surface area contributed by atoms with Gasteiger partial charge in [0.15, 0.2) is 11.5 Å². The number of rotatable bonds is 7. The molecule has 0 spiro atoms. The molecule has 2 heterocycles. The highest BCUT2D eigenvalue weighted by Gasteiger charge is 2.24. The Bertz CT molecular complexity index is 821. The van der Waals surface area contributed by atoms with E-state index in [-0.39, 0.29) is 5.91 Å². The Morgan fingerprint density at radius 2 is 1.89 bits per heavy atom. The number of hydrogen-bond acceptors (Lipinski definition) is 5. The molecule has 1 aliphatic rings. The second-order valence-corrected chi connectivity index (χ2v) is 7.13. The minimum Gasteiger partial charge on any atom is -0.493 e. The van der Waals surface area contributed by atoms with Crippen LogP contribution in [-0.4, -0.2) is 50.1 Å². The highest BCUT2D eigenvalue weighted by Crippen LogP contribution is 2.33. The van der Waals surface area contributed by atoms with E-state index in [4.69, 9.17) is 9.47 Å². The van der Waals surface area contributed by atoms with Crippen molar-refractivity contribution in [3.8, 4) is 11.5 Å². The summed E-state index contributed by atoms with van der Waals surface area (Å²) < 4.78 is 10.8. The lowest BCUT2D eigenvalue weighted by atomic mass is 9.98. The molecule has 0 aliphatic carbocycles. The molecule has 0 N–H and O–H groups in total. The molecule has 1 aromatic heterocycles. The lowest BCUT2D eigenvalue weighted by molar-refractivity contribution is 0.0728. The molecule has 1 amide bonds. The molecule has 0 bridgehead atoms. The summed E-state index contributed by atoms with van der Waals surface area (Å²) in [6.45, 7) is 4.38. The smallest absolute Gasteiger partial charge is 0.272 e. The minimum atomic E-state index is -0.0387. The van der Waals surface area contributed by atoms with Crippen LogP contribution in [0.3, 0.4) is 0 Å². The van der Waals surface area contributed by atoms with Gasteiger partial charge in [-0.1, -0.05) is 13.3 Å². The van der Waals surface area contributed by atoms with Crippen molar-refractivity contribution in [1.29, 1.82) is 0 Å². The zero-order chi connectivity index (χ0) is 20.1. The molecular formula is C22H29N3O3. The van der Waals surface area contributed by atoms with Gasteiger partial charge in [-0.15, -0.1) is 0 Å². The number of anilines is 1. The van der Waals surface area contributed by atoms with Gasteiger partial charge < -0.3 is 19.3 Å². The molecule has 0 atom stereocenters. The van der Waals surface area contributed by atoms with Gasteiger partial charge in [-0.25, -0.2) is 4.98 Å². The first-order valence-corrected chi connectivity index (χ1v) is 9.77. The molecular weight excluding hydrogens is 354 g/mol. The van der Waals surface area contributed by atoms with Crippen molar-refractivity contribution < 1.29 is 14.3 Å². The fraction of sp³-hybridized carbons (Fsp3) is 0.455. The summed E-state index contributed by atoms with van der Waals surface area (Å²) >= 11 is 0. The Hall–Kier alpha value is -2.76. The number of carbonyl (C=O) groups is 1. The van der Waals surface area contributed by atoms with E-state index in [1.165, 1.54) is 5.56 Å². The van der Waals surface area contributed by atoms with Crippen molar-refractivity contribution in [3.05, 3.63) is 47.3 Å². The van der Waals surface area contributed by atoms with E-state index in [1.807, 2.05) is 29.2 Å². The quantitative estimate of drug-likeness (QED) is 0.732. The van der Waals surface area contributed by atoms with Gasteiger partial charge in [0.2, 0.25) is 0 Å². The maximum Gasteiger partial charge on any atom is 0.272 e. The molecule has 2 aromatic rings. The number of benzene rings is 1. The molecule has 1 aromatic carbocycles. The lowest BCUT2D eigenvalue weighted by Crippen LogP contribution is -2.36. The number of ether oxygens (including phenoxy) is 2. The van der Waals surface area contributed by atoms with Crippen LogP contribution in [0.2, 0.25) is 0 Å². The van der Waals surface area contributed by atoms with Gasteiger partial charge in [0.1, 0.15) is 5.69 Å². The van der Waals surface area contributed by atoms with Crippen LogP contribution in [0.5, 0.6) is 11.5 Å². The summed E-state index contributed by atoms with van der Waals surface area (Å²) in [5.74, 6) is 1.38. The highest BCUT2D eigenvalue weighted by atomic mass is 16.5. The molecule has 1 aliphatic heterocycles. The third-order valence-corrected chi connectivity index (χ3v) is 5.26. The Labute approximate surface area is 167 Å². The topological polar surface area (TPSA) is 54.9 Å². The Balaban J connectivity index is 1.72. The largest absolute Gasteiger partial charge is 0.493 e. The molecule has 6 nitrogen and oxygen atoms in total. The van der Waals surface area contributed by atoms with Crippen LogP contribution < -0.4 is 14.4 Å². The molecule has 6 heteroatoms. The van der Waals surface area contributed by atoms with Crippen LogP contribution in [0, 0.1) is 0 Å². The van der Waals surface area contributed by atoms with Gasteiger partial charge >= 0.3 is 0 Å². The highest BCUT2D eigenvalue weighted by molar-refractivity contribution is 5.92. The Kier molecular flexibility index (Phi) is 6.39. The lowest BCUT2D eigenvalue weighted by Gasteiger charge is -2.29. The first kappa shape index (κ1) is 20.0. The molecule has 150 valence electrons. The predicted octanol–water partition coefficient (Wildman–Crippen LogP) is 3.53. The zero-order valence-electron chi connectivity index (χ0n) is 17.2. The molecule has 3 rings (SSSR count). The van der Waals surface area contributed by atoms with E-state index in [1.54, 1.807) is 20.4 Å². The number of unbranched alkanes of at least 4 members (excludes halogenated alkanes) is 1. The predicted molar refractivity (Wildman–Crippen MR) is 110 cm³/mol. The number of carbonyl (C=O) groups excluding carboxylic acids is 1. The minimum absolute atomic E-state index is 0.0387. The van der Waals surface area contributed by atoms with Crippen LogP contribution in [0.25, 0.3) is 0 Å². The third-order valence-electron chi connectivity index (χ3n) is 5.26. The second-order valence-electron chi connectivity index (χ2n) is 7.13. The van der Waals surface area contributed by atoms with Gasteiger partial charge in [0.05, 0.1) is 26.1 Å². The first-order chi connectivity index (χ1) is 13.6. The first-order valence-electron chi connectivity index (χ1n) is 9.77. The van der Waals surface area contributed by atoms with E-state index in [0.29, 0.717) is 24.5 Å². The fourth-order valence-electron chi connectivity index (χ4n) is 3.48. The van der Waals surface area contributed by atoms with E-state index < -0.39 is 0 Å². The summed E-state index contributed by atoms with van der Waals surface area (Å²) in [5.41, 5.74) is 3.80. The number of pyridine rings is 1. The maximum atomic E-state index is 12.9. The Morgan fingerprint density at radius 1 is 1.18 bits per heavy atom. The van der Waals surface area contributed by atoms with Gasteiger partial charge in [-0.2, -0.15) is 0 Å². The molecule has 0 unspecified atom stereocenters. The molecule has 28 heavy (non-hydrogen) atoms. The summed E-state index contributed by atoms with van der Waals surface area (Å²) in [6, 6.07) is 7.77. The van der Waals surface area contributed by atoms with Crippen LogP contribution in [0.1, 0.15) is 41.4 Å². The van der Waals surface area contributed by atoms with Crippen molar-refractivity contribution in [2.45, 2.75) is 32.7 Å². The van der Waals surface area contributed by atoms with Crippen LogP contribution in [0.4, 0.5) is 5.69 Å². The van der Waals surface area contributed by atoms with Crippen LogP contribution in [0.15, 0.2) is 30.5 Å². The number of amides is 1. The molecule has 0 saturated carbocycles. The van der Waals surface area contributed by atoms with Crippen molar-refractivity contribution in [3.63, 3.8) is 0 Å². The van der Waals surface area contributed by atoms with Gasteiger partial charge in [-0.05, 0) is 48.2 Å². The number of methoxy groups -OCH3 is 2. The van der Waals surface area contributed by atoms with Crippen molar-refractivity contribution in [2.24, 2.45) is 0 Å². The van der Waals surface area contributed by atoms with E-state index >= 15 is 0 Å². The average molecular weight is 383 g/mol. The number of fused-ring (bicyclic) bond motifs is 1. The number of hydrogen-bond donors (Lipinski definition) is 0. The van der Waals surface area contributed by atoms with Gasteiger partial charge in [-0.3, -0.25) is 4.79 Å². The maximum absolute atomic E-state index is 12.9. The van der Waals surface area contributed by atoms with Crippen LogP contribution in [-0.2, 0) is 13.0 Å². The molecule has 0 saturated heterocycles. The monoisotopic (exact) mass is 383 g/mol. The summed E-state index contributed by atoms with van der Waals surface area (Å²) in [7, 11) is 5.31. The molecule has 0 radical (unpaired) electrons. The third kappa shape index (κ3) is 4.21. The molecule has 0 fully saturated rings. The van der Waals surface area contributed by atoms with Crippen LogP contribution >= 0.6 is 0 Å². The van der Waals surface area contributed by atoms with Crippen molar-refractivity contribution in [1.82, 2.24) is 9.88 Å².